The molecule has 0 saturated heterocycles. The average Bonchev–Trinajstić information content (AvgIpc) is 3.30. The van der Waals surface area contributed by atoms with Gasteiger partial charge in [-0.3, -0.25) is 9.79 Å². The standard InChI is InChI=1S/C24H33N5O5S/c1-23(2,3)14-12-17(34-13-14)19(24(4,5)6)26-21-20(27-35(32,33)28-21)25-16-11-9-10-15(18(16)30)22(31)29(7)8/h9-13,19,30H,1-8H3,(H,25,27)(H,26,28)/t19-/m0/s1. The fraction of sp³-hybridized carbons (Fsp3) is 0.458. The van der Waals surface area contributed by atoms with E-state index in [0.29, 0.717) is 5.76 Å². The molecule has 11 heteroatoms. The number of anilines is 1. The summed E-state index contributed by atoms with van der Waals surface area (Å²) in [4.78, 5) is 18.4. The van der Waals surface area contributed by atoms with E-state index in [1.165, 1.54) is 17.0 Å². The summed E-state index contributed by atoms with van der Waals surface area (Å²) < 4.78 is 36.6. The molecule has 0 unspecified atom stereocenters. The number of amides is 1. The third-order valence-corrected chi connectivity index (χ3v) is 6.30. The Labute approximate surface area is 206 Å². The average molecular weight is 504 g/mol. The van der Waals surface area contributed by atoms with Crippen molar-refractivity contribution in [2.75, 3.05) is 19.4 Å². The molecule has 2 heterocycles. The van der Waals surface area contributed by atoms with Gasteiger partial charge in [0.05, 0.1) is 17.5 Å². The molecule has 0 fully saturated rings. The lowest BCUT2D eigenvalue weighted by molar-refractivity contribution is 0.0824. The van der Waals surface area contributed by atoms with E-state index in [9.17, 15) is 18.3 Å². The summed E-state index contributed by atoms with van der Waals surface area (Å²) in [5.41, 5.74) is 0.606. The number of amidine groups is 2. The second-order valence-corrected chi connectivity index (χ2v) is 12.1. The van der Waals surface area contributed by atoms with E-state index in [1.54, 1.807) is 26.4 Å². The van der Waals surface area contributed by atoms with E-state index in [0.717, 1.165) is 5.56 Å². The van der Waals surface area contributed by atoms with Gasteiger partial charge in [0, 0.05) is 14.1 Å². The van der Waals surface area contributed by atoms with Gasteiger partial charge in [-0.05, 0) is 34.6 Å². The lowest BCUT2D eigenvalue weighted by Crippen LogP contribution is -2.32. The van der Waals surface area contributed by atoms with Crippen LogP contribution in [0, 0.1) is 5.41 Å². The topological polar surface area (TPSA) is 137 Å². The molecular weight excluding hydrogens is 470 g/mol. The molecule has 1 aliphatic rings. The molecule has 3 rings (SSSR count). The van der Waals surface area contributed by atoms with Crippen molar-refractivity contribution >= 4 is 33.5 Å². The number of hydrogen-bond acceptors (Lipinski definition) is 7. The van der Waals surface area contributed by atoms with Crippen LogP contribution in [0.25, 0.3) is 0 Å². The van der Waals surface area contributed by atoms with Gasteiger partial charge < -0.3 is 19.7 Å². The number of carbonyl (C=O) groups is 1. The highest BCUT2D eigenvalue weighted by Gasteiger charge is 2.34. The Kier molecular flexibility index (Phi) is 6.78. The van der Waals surface area contributed by atoms with Crippen molar-refractivity contribution < 1.29 is 22.7 Å². The summed E-state index contributed by atoms with van der Waals surface area (Å²) in [6, 6.07) is 5.94. The summed E-state index contributed by atoms with van der Waals surface area (Å²) in [6.07, 6.45) is 1.69. The number of carbonyl (C=O) groups excluding carboxylic acids is 1. The van der Waals surface area contributed by atoms with Crippen molar-refractivity contribution in [1.82, 2.24) is 9.62 Å². The van der Waals surface area contributed by atoms with Gasteiger partial charge in [0.25, 0.3) is 5.91 Å². The number of furan rings is 1. The quantitative estimate of drug-likeness (QED) is 0.543. The third-order valence-electron chi connectivity index (χ3n) is 5.42. The molecular formula is C24H33N5O5S. The lowest BCUT2D eigenvalue weighted by atomic mass is 9.84. The molecule has 1 aliphatic heterocycles. The Hall–Kier alpha value is -3.34. The van der Waals surface area contributed by atoms with Crippen molar-refractivity contribution in [2.45, 2.75) is 53.0 Å². The third kappa shape index (κ3) is 5.84. The second-order valence-electron chi connectivity index (χ2n) is 10.8. The van der Waals surface area contributed by atoms with Crippen LogP contribution in [0.5, 0.6) is 5.75 Å². The van der Waals surface area contributed by atoms with E-state index in [-0.39, 0.29) is 34.1 Å². The van der Waals surface area contributed by atoms with Crippen LogP contribution in [0.3, 0.4) is 0 Å². The molecule has 0 bridgehead atoms. The van der Waals surface area contributed by atoms with Crippen molar-refractivity contribution in [2.24, 2.45) is 14.8 Å². The summed E-state index contributed by atoms with van der Waals surface area (Å²) >= 11 is 0. The predicted octanol–water partition coefficient (Wildman–Crippen LogP) is 3.83. The zero-order chi connectivity index (χ0) is 26.3. The first kappa shape index (κ1) is 26.3. The molecule has 0 saturated carbocycles. The molecule has 1 aromatic carbocycles. The Bertz CT molecular complexity index is 1290. The molecule has 35 heavy (non-hydrogen) atoms. The first-order chi connectivity index (χ1) is 16.0. The van der Waals surface area contributed by atoms with Gasteiger partial charge in [-0.15, -0.1) is 4.40 Å². The number of para-hydroxylation sites is 1. The first-order valence-corrected chi connectivity index (χ1v) is 12.5. The van der Waals surface area contributed by atoms with Crippen LogP contribution in [-0.4, -0.2) is 50.1 Å². The van der Waals surface area contributed by atoms with Crippen LogP contribution < -0.4 is 10.0 Å². The fourth-order valence-electron chi connectivity index (χ4n) is 3.41. The first-order valence-electron chi connectivity index (χ1n) is 11.1. The van der Waals surface area contributed by atoms with E-state index in [2.05, 4.69) is 40.2 Å². The van der Waals surface area contributed by atoms with Crippen molar-refractivity contribution in [3.8, 4) is 5.75 Å². The number of benzene rings is 1. The van der Waals surface area contributed by atoms with E-state index in [1.807, 2.05) is 26.8 Å². The molecule has 190 valence electrons. The van der Waals surface area contributed by atoms with Crippen LogP contribution in [-0.2, 0) is 15.6 Å². The van der Waals surface area contributed by atoms with Crippen LogP contribution >= 0.6 is 0 Å². The number of aromatic hydroxyl groups is 1. The summed E-state index contributed by atoms with van der Waals surface area (Å²) in [6.45, 7) is 12.1. The van der Waals surface area contributed by atoms with Gasteiger partial charge in [-0.25, -0.2) is 4.72 Å². The molecule has 0 radical (unpaired) electrons. The van der Waals surface area contributed by atoms with E-state index >= 15 is 0 Å². The maximum atomic E-state index is 12.4. The second kappa shape index (κ2) is 9.03. The maximum absolute atomic E-state index is 12.4. The SMILES string of the molecule is CN(C)C(=O)c1cccc(NC2=NS(=O)(=O)NC2=N[C@@H](c2cc(C(C)(C)C)co2)C(C)(C)C)c1O. The number of aliphatic imine (C=N–C) groups is 1. The zero-order valence-corrected chi connectivity index (χ0v) is 22.1. The summed E-state index contributed by atoms with van der Waals surface area (Å²) in [7, 11) is -0.920. The summed E-state index contributed by atoms with van der Waals surface area (Å²) in [5, 5.41) is 13.5. The molecule has 3 N–H and O–H groups in total. The Morgan fingerprint density at radius 1 is 1.20 bits per heavy atom. The number of rotatable bonds is 4. The van der Waals surface area contributed by atoms with Gasteiger partial charge in [0.2, 0.25) is 0 Å². The molecule has 0 spiro atoms. The van der Waals surface area contributed by atoms with Crippen molar-refractivity contribution in [3.05, 3.63) is 47.4 Å². The Balaban J connectivity index is 2.03. The maximum Gasteiger partial charge on any atom is 0.345 e. The fourth-order valence-corrected chi connectivity index (χ4v) is 4.23. The van der Waals surface area contributed by atoms with E-state index in [4.69, 9.17) is 4.42 Å². The van der Waals surface area contributed by atoms with E-state index < -0.39 is 27.6 Å². The van der Waals surface area contributed by atoms with Crippen LogP contribution in [0.2, 0.25) is 0 Å². The number of nitrogens with one attached hydrogen (secondary N) is 2. The highest BCUT2D eigenvalue weighted by atomic mass is 32.2. The number of nitrogens with zero attached hydrogens (tertiary/aromatic N) is 3. The van der Waals surface area contributed by atoms with Crippen LogP contribution in [0.15, 0.2) is 44.3 Å². The minimum Gasteiger partial charge on any atom is -0.505 e. The van der Waals surface area contributed by atoms with Gasteiger partial charge in [0.1, 0.15) is 11.8 Å². The van der Waals surface area contributed by atoms with Crippen LogP contribution in [0.1, 0.15) is 69.3 Å². The minimum absolute atomic E-state index is 0.0256. The van der Waals surface area contributed by atoms with Gasteiger partial charge >= 0.3 is 10.2 Å². The Morgan fingerprint density at radius 2 is 1.86 bits per heavy atom. The molecule has 1 atom stereocenters. The predicted molar refractivity (Wildman–Crippen MR) is 136 cm³/mol. The van der Waals surface area contributed by atoms with Gasteiger partial charge in [-0.2, -0.15) is 8.42 Å². The number of hydrogen-bond donors (Lipinski definition) is 3. The molecule has 2 aromatic rings. The van der Waals surface area contributed by atoms with Crippen molar-refractivity contribution in [1.29, 1.82) is 0 Å². The minimum atomic E-state index is -4.05. The largest absolute Gasteiger partial charge is 0.505 e. The monoisotopic (exact) mass is 503 g/mol. The normalized spacial score (nSPS) is 17.6. The molecule has 10 nitrogen and oxygen atoms in total. The number of phenols is 1. The smallest absolute Gasteiger partial charge is 0.345 e. The zero-order valence-electron chi connectivity index (χ0n) is 21.3. The Morgan fingerprint density at radius 3 is 2.40 bits per heavy atom. The number of phenolic OH excluding ortho intramolecular Hbond substituents is 1. The highest BCUT2D eigenvalue weighted by molar-refractivity contribution is 7.89. The molecule has 1 aromatic heterocycles. The van der Waals surface area contributed by atoms with Gasteiger partial charge in [0.15, 0.2) is 17.4 Å². The lowest BCUT2D eigenvalue weighted by Gasteiger charge is -2.26. The summed E-state index contributed by atoms with van der Waals surface area (Å²) in [5.74, 6) is -0.277. The van der Waals surface area contributed by atoms with Crippen LogP contribution in [0.4, 0.5) is 5.69 Å². The molecule has 0 aliphatic carbocycles. The van der Waals surface area contributed by atoms with Crippen molar-refractivity contribution in [3.63, 3.8) is 0 Å². The van der Waals surface area contributed by atoms with Gasteiger partial charge in [-0.1, -0.05) is 47.6 Å². The molecule has 1 amide bonds. The highest BCUT2D eigenvalue weighted by Crippen LogP contribution is 2.39.